The Kier molecular flexibility index (Phi) is 3.27. The van der Waals surface area contributed by atoms with Gasteiger partial charge in [-0.1, -0.05) is 6.07 Å². The SMILES string of the molecule is CC(=O)N(C)C(=O)CN1C(=O)c2cccc(N)c2C1=O. The first kappa shape index (κ1) is 13.7. The van der Waals surface area contributed by atoms with Gasteiger partial charge >= 0.3 is 0 Å². The first-order valence-corrected chi connectivity index (χ1v) is 5.86. The van der Waals surface area contributed by atoms with E-state index in [1.807, 2.05) is 0 Å². The lowest BCUT2D eigenvalue weighted by molar-refractivity contribution is -0.141. The zero-order chi connectivity index (χ0) is 15.0. The van der Waals surface area contributed by atoms with E-state index in [9.17, 15) is 19.2 Å². The van der Waals surface area contributed by atoms with Gasteiger partial charge in [-0.25, -0.2) is 0 Å². The molecule has 7 heteroatoms. The molecule has 0 aliphatic carbocycles. The van der Waals surface area contributed by atoms with Gasteiger partial charge in [-0.3, -0.25) is 29.0 Å². The van der Waals surface area contributed by atoms with E-state index in [2.05, 4.69) is 0 Å². The van der Waals surface area contributed by atoms with Crippen LogP contribution in [-0.2, 0) is 9.59 Å². The maximum atomic E-state index is 12.1. The zero-order valence-corrected chi connectivity index (χ0v) is 11.0. The Hall–Kier alpha value is -2.70. The number of nitrogens with two attached hydrogens (primary N) is 1. The molecule has 0 unspecified atom stereocenters. The summed E-state index contributed by atoms with van der Waals surface area (Å²) in [7, 11) is 1.29. The van der Waals surface area contributed by atoms with Crippen LogP contribution in [-0.4, -0.2) is 47.0 Å². The highest BCUT2D eigenvalue weighted by atomic mass is 16.2. The van der Waals surface area contributed by atoms with Crippen LogP contribution < -0.4 is 5.73 Å². The first-order valence-electron chi connectivity index (χ1n) is 5.86. The van der Waals surface area contributed by atoms with Crippen molar-refractivity contribution in [3.8, 4) is 0 Å². The molecule has 7 nitrogen and oxygen atoms in total. The van der Waals surface area contributed by atoms with Crippen molar-refractivity contribution in [3.63, 3.8) is 0 Å². The van der Waals surface area contributed by atoms with Crippen molar-refractivity contribution in [2.45, 2.75) is 6.92 Å². The fourth-order valence-electron chi connectivity index (χ4n) is 1.92. The molecule has 1 aromatic rings. The van der Waals surface area contributed by atoms with Crippen molar-refractivity contribution in [3.05, 3.63) is 29.3 Å². The summed E-state index contributed by atoms with van der Waals surface area (Å²) < 4.78 is 0. The van der Waals surface area contributed by atoms with E-state index < -0.39 is 30.2 Å². The predicted molar refractivity (Wildman–Crippen MR) is 69.7 cm³/mol. The summed E-state index contributed by atoms with van der Waals surface area (Å²) in [4.78, 5) is 48.7. The number of benzene rings is 1. The molecule has 104 valence electrons. The van der Waals surface area contributed by atoms with E-state index in [1.54, 1.807) is 6.07 Å². The standard InChI is InChI=1S/C13H13N3O4/c1-7(17)15(2)10(18)6-16-12(19)8-4-3-5-9(14)11(8)13(16)20/h3-5H,6,14H2,1-2H3. The number of carbonyl (C=O) groups excluding carboxylic acids is 4. The van der Waals surface area contributed by atoms with Gasteiger partial charge in [0.05, 0.1) is 11.1 Å². The van der Waals surface area contributed by atoms with Crippen LogP contribution in [0, 0.1) is 0 Å². The summed E-state index contributed by atoms with van der Waals surface area (Å²) >= 11 is 0. The Bertz CT molecular complexity index is 639. The van der Waals surface area contributed by atoms with Crippen LogP contribution in [0.4, 0.5) is 5.69 Å². The van der Waals surface area contributed by atoms with E-state index in [4.69, 9.17) is 5.73 Å². The Morgan fingerprint density at radius 2 is 1.90 bits per heavy atom. The number of likely N-dealkylation sites (N-methyl/N-ethyl adjacent to an activating group) is 1. The molecule has 20 heavy (non-hydrogen) atoms. The molecule has 0 bridgehead atoms. The fourth-order valence-corrected chi connectivity index (χ4v) is 1.92. The van der Waals surface area contributed by atoms with Crippen molar-refractivity contribution in [1.29, 1.82) is 0 Å². The van der Waals surface area contributed by atoms with Gasteiger partial charge in [-0.15, -0.1) is 0 Å². The number of nitrogen functional groups attached to an aromatic ring is 1. The Labute approximate surface area is 114 Å². The number of imide groups is 2. The molecule has 1 heterocycles. The van der Waals surface area contributed by atoms with Gasteiger partial charge in [0, 0.05) is 19.7 Å². The van der Waals surface area contributed by atoms with Crippen LogP contribution in [0.2, 0.25) is 0 Å². The summed E-state index contributed by atoms with van der Waals surface area (Å²) in [6.07, 6.45) is 0. The minimum Gasteiger partial charge on any atom is -0.398 e. The van der Waals surface area contributed by atoms with Crippen molar-refractivity contribution < 1.29 is 19.2 Å². The number of amides is 4. The lowest BCUT2D eigenvalue weighted by Crippen LogP contribution is -2.42. The van der Waals surface area contributed by atoms with E-state index in [1.165, 1.54) is 26.1 Å². The maximum absolute atomic E-state index is 12.1. The molecule has 0 aromatic heterocycles. The van der Waals surface area contributed by atoms with Gasteiger partial charge in [-0.2, -0.15) is 0 Å². The third-order valence-electron chi connectivity index (χ3n) is 3.17. The quantitative estimate of drug-likeness (QED) is 0.598. The lowest BCUT2D eigenvalue weighted by Gasteiger charge is -2.17. The minimum absolute atomic E-state index is 0.107. The summed E-state index contributed by atoms with van der Waals surface area (Å²) in [5.41, 5.74) is 6.15. The molecule has 2 rings (SSSR count). The van der Waals surface area contributed by atoms with Crippen LogP contribution in [0.3, 0.4) is 0 Å². The van der Waals surface area contributed by atoms with Crippen molar-refractivity contribution in [1.82, 2.24) is 9.80 Å². The second kappa shape index (κ2) is 4.76. The highest BCUT2D eigenvalue weighted by molar-refractivity contribution is 6.24. The second-order valence-corrected chi connectivity index (χ2v) is 4.44. The molecule has 1 aliphatic rings. The summed E-state index contributed by atoms with van der Waals surface area (Å²) in [6, 6.07) is 4.55. The lowest BCUT2D eigenvalue weighted by atomic mass is 10.1. The zero-order valence-electron chi connectivity index (χ0n) is 11.0. The van der Waals surface area contributed by atoms with Gasteiger partial charge in [0.1, 0.15) is 6.54 Å². The molecule has 2 N–H and O–H groups in total. The highest BCUT2D eigenvalue weighted by Crippen LogP contribution is 2.27. The van der Waals surface area contributed by atoms with Gasteiger partial charge in [0.25, 0.3) is 11.8 Å². The van der Waals surface area contributed by atoms with Crippen LogP contribution in [0.25, 0.3) is 0 Å². The molecule has 0 atom stereocenters. The van der Waals surface area contributed by atoms with Gasteiger partial charge in [0.2, 0.25) is 11.8 Å². The normalized spacial score (nSPS) is 13.4. The van der Waals surface area contributed by atoms with Gasteiger partial charge in [-0.05, 0) is 12.1 Å². The smallest absolute Gasteiger partial charge is 0.264 e. The third kappa shape index (κ3) is 2.03. The maximum Gasteiger partial charge on any atom is 0.264 e. The van der Waals surface area contributed by atoms with Crippen molar-refractivity contribution >= 4 is 29.3 Å². The molecule has 0 radical (unpaired) electrons. The summed E-state index contributed by atoms with van der Waals surface area (Å²) in [6.45, 7) is 0.736. The Morgan fingerprint density at radius 1 is 1.25 bits per heavy atom. The molecule has 1 aromatic carbocycles. The molecular formula is C13H13N3O4. The van der Waals surface area contributed by atoms with Crippen LogP contribution in [0.5, 0.6) is 0 Å². The Morgan fingerprint density at radius 3 is 2.45 bits per heavy atom. The summed E-state index contributed by atoms with van der Waals surface area (Å²) in [5.74, 6) is -2.30. The largest absolute Gasteiger partial charge is 0.398 e. The molecule has 0 fully saturated rings. The summed E-state index contributed by atoms with van der Waals surface area (Å²) in [5, 5.41) is 0. The van der Waals surface area contributed by atoms with E-state index in [0.29, 0.717) is 0 Å². The first-order chi connectivity index (χ1) is 9.34. The predicted octanol–water partition coefficient (Wildman–Crippen LogP) is -0.130. The van der Waals surface area contributed by atoms with E-state index >= 15 is 0 Å². The number of nitrogens with zero attached hydrogens (tertiary/aromatic N) is 2. The van der Waals surface area contributed by atoms with E-state index in [0.717, 1.165) is 9.80 Å². The third-order valence-corrected chi connectivity index (χ3v) is 3.17. The second-order valence-electron chi connectivity index (χ2n) is 4.44. The number of hydrogen-bond acceptors (Lipinski definition) is 5. The molecule has 0 spiro atoms. The van der Waals surface area contributed by atoms with Gasteiger partial charge < -0.3 is 5.73 Å². The van der Waals surface area contributed by atoms with Crippen molar-refractivity contribution in [2.24, 2.45) is 0 Å². The van der Waals surface area contributed by atoms with Crippen LogP contribution >= 0.6 is 0 Å². The highest BCUT2D eigenvalue weighted by Gasteiger charge is 2.38. The average molecular weight is 275 g/mol. The monoisotopic (exact) mass is 275 g/mol. The molecular weight excluding hydrogens is 262 g/mol. The Balaban J connectivity index is 2.28. The number of anilines is 1. The molecule has 1 aliphatic heterocycles. The topological polar surface area (TPSA) is 101 Å². The minimum atomic E-state index is -0.634. The van der Waals surface area contributed by atoms with Gasteiger partial charge in [0.15, 0.2) is 0 Å². The average Bonchev–Trinajstić information content (AvgIpc) is 2.64. The number of fused-ring (bicyclic) bond motifs is 1. The van der Waals surface area contributed by atoms with Crippen molar-refractivity contribution in [2.75, 3.05) is 19.3 Å². The number of carbonyl (C=O) groups is 4. The van der Waals surface area contributed by atoms with E-state index in [-0.39, 0.29) is 16.8 Å². The van der Waals surface area contributed by atoms with Crippen LogP contribution in [0.1, 0.15) is 27.6 Å². The molecule has 0 saturated carbocycles. The number of hydrogen-bond donors (Lipinski definition) is 1. The van der Waals surface area contributed by atoms with Crippen LogP contribution in [0.15, 0.2) is 18.2 Å². The molecule has 0 saturated heterocycles. The molecule has 4 amide bonds. The number of rotatable bonds is 2. The fraction of sp³-hybridized carbons (Fsp3) is 0.231.